The summed E-state index contributed by atoms with van der Waals surface area (Å²) < 4.78 is 0. The molecule has 0 aromatic heterocycles. The van der Waals surface area contributed by atoms with Crippen molar-refractivity contribution in [1.82, 2.24) is 0 Å². The van der Waals surface area contributed by atoms with Crippen LogP contribution in [0.2, 0.25) is 0 Å². The molecule has 0 heterocycles. The lowest BCUT2D eigenvalue weighted by atomic mass is 10.2. The lowest BCUT2D eigenvalue weighted by Gasteiger charge is -2.11. The maximum Gasteiger partial charge on any atom is 0.0665 e. The van der Waals surface area contributed by atoms with Crippen LogP contribution in [-0.2, 0) is 0 Å². The largest absolute Gasteiger partial charge is 0.378 e. The van der Waals surface area contributed by atoms with E-state index in [-0.39, 0.29) is 6.04 Å². The van der Waals surface area contributed by atoms with Crippen LogP contribution in [0.3, 0.4) is 0 Å². The third-order valence-electron chi connectivity index (χ3n) is 2.23. The molecule has 15 heavy (non-hydrogen) atoms. The molecule has 1 aromatic rings. The molecule has 2 heteroatoms. The smallest absolute Gasteiger partial charge is 0.0665 e. The van der Waals surface area contributed by atoms with Gasteiger partial charge in [-0.25, -0.2) is 0 Å². The highest BCUT2D eigenvalue weighted by atomic mass is 15.1. The van der Waals surface area contributed by atoms with Gasteiger partial charge in [-0.3, -0.25) is 0 Å². The fraction of sp³-hybridized carbons (Fsp3) is 0.385. The molecular formula is C13H18N2. The van der Waals surface area contributed by atoms with Crippen LogP contribution >= 0.6 is 0 Å². The van der Waals surface area contributed by atoms with Crippen LogP contribution in [0.15, 0.2) is 24.3 Å². The van der Waals surface area contributed by atoms with Gasteiger partial charge >= 0.3 is 0 Å². The van der Waals surface area contributed by atoms with Crippen LogP contribution in [0.1, 0.15) is 18.9 Å². The first kappa shape index (κ1) is 11.6. The summed E-state index contributed by atoms with van der Waals surface area (Å²) in [6.45, 7) is 2.04. The van der Waals surface area contributed by atoms with Gasteiger partial charge in [-0.05, 0) is 30.7 Å². The third-order valence-corrected chi connectivity index (χ3v) is 2.23. The Morgan fingerprint density at radius 3 is 2.33 bits per heavy atom. The van der Waals surface area contributed by atoms with Crippen molar-refractivity contribution in [3.8, 4) is 11.8 Å². The van der Waals surface area contributed by atoms with E-state index in [9.17, 15) is 0 Å². The van der Waals surface area contributed by atoms with Gasteiger partial charge in [-0.2, -0.15) is 0 Å². The topological polar surface area (TPSA) is 29.3 Å². The second-order valence-electron chi connectivity index (χ2n) is 3.73. The number of nitrogens with two attached hydrogens (primary N) is 1. The third kappa shape index (κ3) is 3.65. The summed E-state index contributed by atoms with van der Waals surface area (Å²) in [5, 5.41) is 0. The molecular weight excluding hydrogens is 184 g/mol. The Kier molecular flexibility index (Phi) is 4.20. The van der Waals surface area contributed by atoms with Crippen LogP contribution in [0.4, 0.5) is 5.69 Å². The van der Waals surface area contributed by atoms with Crippen molar-refractivity contribution in [2.24, 2.45) is 5.73 Å². The molecule has 0 amide bonds. The molecule has 80 valence electrons. The van der Waals surface area contributed by atoms with Crippen LogP contribution in [0.5, 0.6) is 0 Å². The molecule has 0 fully saturated rings. The van der Waals surface area contributed by atoms with Gasteiger partial charge in [-0.15, -0.1) is 0 Å². The molecule has 2 nitrogen and oxygen atoms in total. The lowest BCUT2D eigenvalue weighted by molar-refractivity contribution is 0.806. The highest BCUT2D eigenvalue weighted by Crippen LogP contribution is 2.11. The summed E-state index contributed by atoms with van der Waals surface area (Å²) >= 11 is 0. The maximum absolute atomic E-state index is 5.72. The Balaban J connectivity index is 2.75. The van der Waals surface area contributed by atoms with E-state index in [0.717, 1.165) is 12.0 Å². The van der Waals surface area contributed by atoms with Crippen LogP contribution in [0, 0.1) is 11.8 Å². The van der Waals surface area contributed by atoms with Gasteiger partial charge in [0.1, 0.15) is 0 Å². The van der Waals surface area contributed by atoms with Gasteiger partial charge in [0.2, 0.25) is 0 Å². The van der Waals surface area contributed by atoms with E-state index >= 15 is 0 Å². The monoisotopic (exact) mass is 202 g/mol. The molecule has 0 aliphatic carbocycles. The number of hydrogen-bond acceptors (Lipinski definition) is 2. The van der Waals surface area contributed by atoms with E-state index in [2.05, 4.69) is 28.9 Å². The average molecular weight is 202 g/mol. The van der Waals surface area contributed by atoms with E-state index in [1.807, 2.05) is 33.2 Å². The van der Waals surface area contributed by atoms with Gasteiger partial charge in [0.15, 0.2) is 0 Å². The van der Waals surface area contributed by atoms with Crippen molar-refractivity contribution < 1.29 is 0 Å². The maximum atomic E-state index is 5.72. The first-order chi connectivity index (χ1) is 7.13. The van der Waals surface area contributed by atoms with E-state index in [1.54, 1.807) is 0 Å². The molecule has 0 bridgehead atoms. The summed E-state index contributed by atoms with van der Waals surface area (Å²) in [6, 6.07) is 8.14. The SMILES string of the molecule is CCC(N)C#Cc1ccc(N(C)C)cc1. The first-order valence-corrected chi connectivity index (χ1v) is 5.18. The summed E-state index contributed by atoms with van der Waals surface area (Å²) in [6.07, 6.45) is 0.892. The molecule has 1 atom stereocenters. The van der Waals surface area contributed by atoms with Crippen LogP contribution in [-0.4, -0.2) is 20.1 Å². The second kappa shape index (κ2) is 5.43. The molecule has 0 aliphatic rings. The van der Waals surface area contributed by atoms with Crippen LogP contribution in [0.25, 0.3) is 0 Å². The fourth-order valence-electron chi connectivity index (χ4n) is 1.12. The predicted molar refractivity (Wildman–Crippen MR) is 65.9 cm³/mol. The van der Waals surface area contributed by atoms with Crippen molar-refractivity contribution in [3.05, 3.63) is 29.8 Å². The van der Waals surface area contributed by atoms with Crippen molar-refractivity contribution in [3.63, 3.8) is 0 Å². The summed E-state index contributed by atoms with van der Waals surface area (Å²) in [5.41, 5.74) is 7.92. The van der Waals surface area contributed by atoms with Crippen molar-refractivity contribution in [2.45, 2.75) is 19.4 Å². The summed E-state index contributed by atoms with van der Waals surface area (Å²) in [4.78, 5) is 2.06. The first-order valence-electron chi connectivity index (χ1n) is 5.18. The number of rotatable bonds is 2. The average Bonchev–Trinajstić information content (AvgIpc) is 2.26. The van der Waals surface area contributed by atoms with Crippen molar-refractivity contribution in [2.75, 3.05) is 19.0 Å². The van der Waals surface area contributed by atoms with E-state index in [1.165, 1.54) is 5.69 Å². The molecule has 1 rings (SSSR count). The highest BCUT2D eigenvalue weighted by molar-refractivity contribution is 5.49. The van der Waals surface area contributed by atoms with Gasteiger partial charge < -0.3 is 10.6 Å². The van der Waals surface area contributed by atoms with E-state index in [0.29, 0.717) is 0 Å². The summed E-state index contributed by atoms with van der Waals surface area (Å²) in [5.74, 6) is 6.08. The van der Waals surface area contributed by atoms with E-state index in [4.69, 9.17) is 5.73 Å². The normalized spacial score (nSPS) is 11.5. The molecule has 0 saturated heterocycles. The molecule has 0 aliphatic heterocycles. The minimum Gasteiger partial charge on any atom is -0.378 e. The van der Waals surface area contributed by atoms with Crippen molar-refractivity contribution in [1.29, 1.82) is 0 Å². The highest BCUT2D eigenvalue weighted by Gasteiger charge is 1.94. The Labute approximate surface area is 92.1 Å². The molecule has 2 N–H and O–H groups in total. The quantitative estimate of drug-likeness (QED) is 0.741. The second-order valence-corrected chi connectivity index (χ2v) is 3.73. The minimum atomic E-state index is -0.0153. The zero-order valence-corrected chi connectivity index (χ0v) is 9.62. The van der Waals surface area contributed by atoms with Crippen LogP contribution < -0.4 is 10.6 Å². The van der Waals surface area contributed by atoms with Crippen molar-refractivity contribution >= 4 is 5.69 Å². The fourth-order valence-corrected chi connectivity index (χ4v) is 1.12. The van der Waals surface area contributed by atoms with Gasteiger partial charge in [0.05, 0.1) is 6.04 Å². The van der Waals surface area contributed by atoms with Gasteiger partial charge in [-0.1, -0.05) is 18.8 Å². The molecule has 0 spiro atoms. The Morgan fingerprint density at radius 2 is 1.87 bits per heavy atom. The standard InChI is InChI=1S/C13H18N2/c1-4-12(14)8-5-11-6-9-13(10-7-11)15(2)3/h6-7,9-10,12H,4,14H2,1-3H3. The minimum absolute atomic E-state index is 0.0153. The summed E-state index contributed by atoms with van der Waals surface area (Å²) in [7, 11) is 4.04. The molecule has 1 aromatic carbocycles. The Hall–Kier alpha value is -1.46. The number of hydrogen-bond donors (Lipinski definition) is 1. The number of benzene rings is 1. The van der Waals surface area contributed by atoms with E-state index < -0.39 is 0 Å². The molecule has 0 radical (unpaired) electrons. The number of nitrogens with zero attached hydrogens (tertiary/aromatic N) is 1. The molecule has 0 saturated carbocycles. The molecule has 1 unspecified atom stereocenters. The lowest BCUT2D eigenvalue weighted by Crippen LogP contribution is -2.15. The van der Waals surface area contributed by atoms with Gasteiger partial charge in [0, 0.05) is 25.3 Å². The Bertz CT molecular complexity index is 354. The Morgan fingerprint density at radius 1 is 1.27 bits per heavy atom. The predicted octanol–water partition coefficient (Wildman–Crippen LogP) is 1.84. The zero-order valence-electron chi connectivity index (χ0n) is 9.62. The number of anilines is 1. The van der Waals surface area contributed by atoms with Gasteiger partial charge in [0.25, 0.3) is 0 Å². The zero-order chi connectivity index (χ0) is 11.3.